The van der Waals surface area contributed by atoms with Gasteiger partial charge < -0.3 is 24.9 Å². The lowest BCUT2D eigenvalue weighted by molar-refractivity contribution is -0.120. The number of hydrogen-bond acceptors (Lipinski definition) is 4. The van der Waals surface area contributed by atoms with E-state index in [4.69, 9.17) is 9.47 Å². The minimum absolute atomic E-state index is 0.0177. The first-order chi connectivity index (χ1) is 12.6. The van der Waals surface area contributed by atoms with Crippen LogP contribution >= 0.6 is 0 Å². The molecule has 3 N–H and O–H groups in total. The van der Waals surface area contributed by atoms with Crippen molar-refractivity contribution in [3.8, 4) is 11.5 Å². The molecule has 0 fully saturated rings. The number of carbonyl (C=O) groups excluding carboxylic acids is 1. The number of benzene rings is 2. The van der Waals surface area contributed by atoms with Crippen LogP contribution in [0.4, 0.5) is 0 Å². The Bertz CT molecular complexity index is 1010. The number of rotatable bonds is 5. The lowest BCUT2D eigenvalue weighted by atomic mass is 10.1. The van der Waals surface area contributed by atoms with Crippen molar-refractivity contribution in [2.45, 2.75) is 13.0 Å². The summed E-state index contributed by atoms with van der Waals surface area (Å²) >= 11 is 0. The highest BCUT2D eigenvalue weighted by Crippen LogP contribution is 2.32. The van der Waals surface area contributed by atoms with E-state index in [0.717, 1.165) is 10.9 Å². The molecule has 1 aromatic heterocycles. The predicted octanol–water partition coefficient (Wildman–Crippen LogP) is 2.45. The molecule has 26 heavy (non-hydrogen) atoms. The van der Waals surface area contributed by atoms with Gasteiger partial charge in [-0.25, -0.2) is 4.79 Å². The summed E-state index contributed by atoms with van der Waals surface area (Å²) in [4.78, 5) is 26.7. The first kappa shape index (κ1) is 16.0. The average molecular weight is 352 g/mol. The molecule has 0 radical (unpaired) electrons. The monoisotopic (exact) mass is 352 g/mol. The Balaban J connectivity index is 1.49. The fourth-order valence-corrected chi connectivity index (χ4v) is 3.04. The van der Waals surface area contributed by atoms with Crippen molar-refractivity contribution in [3.05, 3.63) is 59.3 Å². The second-order valence-corrected chi connectivity index (χ2v) is 5.97. The zero-order valence-corrected chi connectivity index (χ0v) is 13.7. The number of carboxylic acid groups (broad SMARTS) is 1. The lowest BCUT2D eigenvalue weighted by Crippen LogP contribution is -2.25. The Morgan fingerprint density at radius 1 is 1.12 bits per heavy atom. The molecule has 0 atom stereocenters. The summed E-state index contributed by atoms with van der Waals surface area (Å²) in [6, 6.07) is 12.7. The number of carboxylic acids is 1. The predicted molar refractivity (Wildman–Crippen MR) is 93.4 cm³/mol. The Morgan fingerprint density at radius 3 is 2.77 bits per heavy atom. The van der Waals surface area contributed by atoms with Crippen LogP contribution in [0.1, 0.15) is 21.6 Å². The van der Waals surface area contributed by atoms with Gasteiger partial charge in [0.15, 0.2) is 11.5 Å². The van der Waals surface area contributed by atoms with E-state index < -0.39 is 5.97 Å². The highest BCUT2D eigenvalue weighted by atomic mass is 16.7. The second-order valence-electron chi connectivity index (χ2n) is 5.97. The third-order valence-electron chi connectivity index (χ3n) is 4.29. The number of ether oxygens (including phenoxy) is 2. The van der Waals surface area contributed by atoms with E-state index >= 15 is 0 Å². The Morgan fingerprint density at radius 2 is 1.92 bits per heavy atom. The molecule has 7 nitrogen and oxygen atoms in total. The van der Waals surface area contributed by atoms with Crippen molar-refractivity contribution in [1.82, 2.24) is 10.3 Å². The maximum Gasteiger partial charge on any atom is 0.352 e. The minimum atomic E-state index is -1.08. The Hall–Kier alpha value is -3.48. The van der Waals surface area contributed by atoms with Gasteiger partial charge in [-0.05, 0) is 23.8 Å². The summed E-state index contributed by atoms with van der Waals surface area (Å²) in [6.45, 7) is 0.518. The smallest absolute Gasteiger partial charge is 0.352 e. The number of hydrogen-bond donors (Lipinski definition) is 3. The van der Waals surface area contributed by atoms with Gasteiger partial charge in [0.1, 0.15) is 5.69 Å². The van der Waals surface area contributed by atoms with E-state index in [0.29, 0.717) is 29.1 Å². The highest BCUT2D eigenvalue weighted by molar-refractivity contribution is 5.99. The third-order valence-corrected chi connectivity index (χ3v) is 4.29. The molecule has 3 aromatic rings. The van der Waals surface area contributed by atoms with Gasteiger partial charge in [0.2, 0.25) is 12.7 Å². The number of nitrogens with one attached hydrogen (secondary N) is 2. The molecule has 4 rings (SSSR count). The van der Waals surface area contributed by atoms with E-state index in [1.807, 2.05) is 24.3 Å². The van der Waals surface area contributed by atoms with E-state index in [1.54, 1.807) is 18.2 Å². The topological polar surface area (TPSA) is 101 Å². The molecule has 1 amide bonds. The van der Waals surface area contributed by atoms with Crippen molar-refractivity contribution in [3.63, 3.8) is 0 Å². The average Bonchev–Trinajstić information content (AvgIpc) is 3.24. The number of H-pyrrole nitrogens is 1. The second kappa shape index (κ2) is 6.44. The normalized spacial score (nSPS) is 12.3. The van der Waals surface area contributed by atoms with Crippen molar-refractivity contribution in [1.29, 1.82) is 0 Å². The fourth-order valence-electron chi connectivity index (χ4n) is 3.04. The molecule has 2 aromatic carbocycles. The number of carbonyl (C=O) groups is 2. The van der Waals surface area contributed by atoms with E-state index in [-0.39, 0.29) is 24.8 Å². The molecular formula is C19H16N2O5. The SMILES string of the molecule is O=C(Cc1c(C(=O)O)[nH]c2ccccc12)NCc1ccc2c(c1)OCO2. The Kier molecular flexibility index (Phi) is 3.96. The number of para-hydroxylation sites is 1. The number of fused-ring (bicyclic) bond motifs is 2. The fraction of sp³-hybridized carbons (Fsp3) is 0.158. The third kappa shape index (κ3) is 2.95. The van der Waals surface area contributed by atoms with Crippen LogP contribution in [0.3, 0.4) is 0 Å². The maximum absolute atomic E-state index is 12.4. The number of amides is 1. The molecule has 0 aliphatic carbocycles. The number of aromatic amines is 1. The maximum atomic E-state index is 12.4. The summed E-state index contributed by atoms with van der Waals surface area (Å²) in [5.74, 6) is 0.00111. The van der Waals surface area contributed by atoms with Gasteiger partial charge in [-0.15, -0.1) is 0 Å². The van der Waals surface area contributed by atoms with Crippen molar-refractivity contribution >= 4 is 22.8 Å². The van der Waals surface area contributed by atoms with Crippen molar-refractivity contribution < 1.29 is 24.2 Å². The zero-order valence-electron chi connectivity index (χ0n) is 13.7. The van der Waals surface area contributed by atoms with Crippen LogP contribution in [0, 0.1) is 0 Å². The summed E-state index contributed by atoms with van der Waals surface area (Å²) in [7, 11) is 0. The van der Waals surface area contributed by atoms with Gasteiger partial charge in [-0.3, -0.25) is 4.79 Å². The molecular weight excluding hydrogens is 336 g/mol. The van der Waals surface area contributed by atoms with Gasteiger partial charge in [0, 0.05) is 23.0 Å². The molecule has 1 aliphatic heterocycles. The summed E-state index contributed by atoms with van der Waals surface area (Å²) in [5.41, 5.74) is 2.10. The van der Waals surface area contributed by atoms with E-state index in [2.05, 4.69) is 10.3 Å². The molecule has 1 aliphatic rings. The van der Waals surface area contributed by atoms with Crippen LogP contribution in [0.15, 0.2) is 42.5 Å². The van der Waals surface area contributed by atoms with Gasteiger partial charge in [-0.1, -0.05) is 24.3 Å². The highest BCUT2D eigenvalue weighted by Gasteiger charge is 2.19. The zero-order chi connectivity index (χ0) is 18.1. The first-order valence-corrected chi connectivity index (χ1v) is 8.10. The quantitative estimate of drug-likeness (QED) is 0.655. The molecule has 0 saturated carbocycles. The van der Waals surface area contributed by atoms with Crippen LogP contribution in [0.5, 0.6) is 11.5 Å². The van der Waals surface area contributed by atoms with Gasteiger partial charge >= 0.3 is 5.97 Å². The van der Waals surface area contributed by atoms with Gasteiger partial charge in [0.25, 0.3) is 0 Å². The molecule has 2 heterocycles. The van der Waals surface area contributed by atoms with Gasteiger partial charge in [0.05, 0.1) is 6.42 Å². The minimum Gasteiger partial charge on any atom is -0.477 e. The number of aromatic nitrogens is 1. The lowest BCUT2D eigenvalue weighted by Gasteiger charge is -2.07. The van der Waals surface area contributed by atoms with Crippen LogP contribution in [-0.2, 0) is 17.8 Å². The standard InChI is InChI=1S/C19H16N2O5/c22-17(20-9-11-5-6-15-16(7-11)26-10-25-15)8-13-12-3-1-2-4-14(12)21-18(13)19(23)24/h1-7,21H,8-10H2,(H,20,22)(H,23,24). The summed E-state index contributed by atoms with van der Waals surface area (Å²) in [5, 5.41) is 12.9. The largest absolute Gasteiger partial charge is 0.477 e. The molecule has 0 bridgehead atoms. The van der Waals surface area contributed by atoms with Crippen LogP contribution < -0.4 is 14.8 Å². The van der Waals surface area contributed by atoms with Crippen molar-refractivity contribution in [2.24, 2.45) is 0 Å². The molecule has 7 heteroatoms. The number of aromatic carboxylic acids is 1. The summed E-state index contributed by atoms with van der Waals surface area (Å²) in [6.07, 6.45) is -0.0177. The summed E-state index contributed by atoms with van der Waals surface area (Å²) < 4.78 is 10.6. The van der Waals surface area contributed by atoms with Crippen LogP contribution in [0.25, 0.3) is 10.9 Å². The first-order valence-electron chi connectivity index (χ1n) is 8.10. The Labute approximate surface area is 148 Å². The molecule has 132 valence electrons. The van der Waals surface area contributed by atoms with Gasteiger partial charge in [-0.2, -0.15) is 0 Å². The van der Waals surface area contributed by atoms with Crippen LogP contribution in [0.2, 0.25) is 0 Å². The van der Waals surface area contributed by atoms with E-state index in [1.165, 1.54) is 0 Å². The van der Waals surface area contributed by atoms with Crippen LogP contribution in [-0.4, -0.2) is 28.8 Å². The van der Waals surface area contributed by atoms with Crippen molar-refractivity contribution in [2.75, 3.05) is 6.79 Å². The molecule has 0 saturated heterocycles. The molecule has 0 unspecified atom stereocenters. The van der Waals surface area contributed by atoms with E-state index in [9.17, 15) is 14.7 Å². The molecule has 0 spiro atoms.